The van der Waals surface area contributed by atoms with Gasteiger partial charge in [0.05, 0.1) is 6.61 Å². The van der Waals surface area contributed by atoms with E-state index in [4.69, 9.17) is 14.6 Å². The highest BCUT2D eigenvalue weighted by Crippen LogP contribution is 2.22. The minimum absolute atomic E-state index is 0.429. The van der Waals surface area contributed by atoms with E-state index in [2.05, 4.69) is 19.6 Å². The molecule has 1 fully saturated rings. The van der Waals surface area contributed by atoms with E-state index in [0.29, 0.717) is 6.61 Å². The number of hydrogen-bond acceptors (Lipinski definition) is 6. The van der Waals surface area contributed by atoms with Crippen molar-refractivity contribution in [3.63, 3.8) is 0 Å². The molecule has 0 aliphatic carbocycles. The molecule has 6 nitrogen and oxygen atoms in total. The molecule has 1 rings (SSSR count). The SMILES string of the molecule is C[Si](C)(C)CCO[C@@H]1O[C@H](CO)[C@@H](O)[C@H](O)[C@H]1O. The van der Waals surface area contributed by atoms with Crippen molar-refractivity contribution in [1.29, 1.82) is 0 Å². The third-order valence-corrected chi connectivity index (χ3v) is 4.69. The second-order valence-corrected chi connectivity index (χ2v) is 11.5. The van der Waals surface area contributed by atoms with Crippen LogP contribution in [-0.2, 0) is 9.47 Å². The first-order chi connectivity index (χ1) is 8.26. The molecule has 18 heavy (non-hydrogen) atoms. The van der Waals surface area contributed by atoms with E-state index < -0.39 is 45.4 Å². The zero-order valence-electron chi connectivity index (χ0n) is 11.1. The van der Waals surface area contributed by atoms with E-state index in [1.165, 1.54) is 0 Å². The first-order valence-corrected chi connectivity index (χ1v) is 9.89. The predicted molar refractivity (Wildman–Crippen MR) is 67.9 cm³/mol. The molecule has 7 heteroatoms. The first kappa shape index (κ1) is 16.0. The topological polar surface area (TPSA) is 99.4 Å². The standard InChI is InChI=1S/C11H24O6Si/c1-18(2,3)5-4-16-11-10(15)9(14)8(13)7(6-12)17-11/h7-15H,4-6H2,1-3H3/t7-,8-,9+,10-,11-/m1/s1. The Morgan fingerprint density at radius 2 is 1.67 bits per heavy atom. The van der Waals surface area contributed by atoms with Crippen LogP contribution in [-0.4, -0.2) is 72.4 Å². The third-order valence-electron chi connectivity index (χ3n) is 2.98. The normalized spacial score (nSPS) is 37.8. The van der Waals surface area contributed by atoms with Crippen LogP contribution in [0.5, 0.6) is 0 Å². The van der Waals surface area contributed by atoms with Crippen LogP contribution < -0.4 is 0 Å². The van der Waals surface area contributed by atoms with Gasteiger partial charge >= 0.3 is 0 Å². The second kappa shape index (κ2) is 6.42. The lowest BCUT2D eigenvalue weighted by molar-refractivity contribution is -0.300. The lowest BCUT2D eigenvalue weighted by Gasteiger charge is -2.39. The van der Waals surface area contributed by atoms with E-state index in [1.807, 2.05) is 0 Å². The van der Waals surface area contributed by atoms with Gasteiger partial charge in [-0.2, -0.15) is 0 Å². The van der Waals surface area contributed by atoms with Gasteiger partial charge in [-0.15, -0.1) is 0 Å². The van der Waals surface area contributed by atoms with Crippen molar-refractivity contribution in [3.05, 3.63) is 0 Å². The van der Waals surface area contributed by atoms with Crippen LogP contribution in [0.4, 0.5) is 0 Å². The van der Waals surface area contributed by atoms with E-state index in [1.54, 1.807) is 0 Å². The van der Waals surface area contributed by atoms with Crippen molar-refractivity contribution in [1.82, 2.24) is 0 Å². The van der Waals surface area contributed by atoms with Crippen molar-refractivity contribution < 1.29 is 29.9 Å². The zero-order valence-corrected chi connectivity index (χ0v) is 12.1. The fraction of sp³-hybridized carbons (Fsp3) is 1.00. The van der Waals surface area contributed by atoms with Crippen molar-refractivity contribution in [2.45, 2.75) is 56.4 Å². The highest BCUT2D eigenvalue weighted by molar-refractivity contribution is 6.76. The second-order valence-electron chi connectivity index (χ2n) is 5.88. The number of ether oxygens (including phenoxy) is 2. The van der Waals surface area contributed by atoms with E-state index in [-0.39, 0.29) is 0 Å². The molecule has 1 saturated heterocycles. The monoisotopic (exact) mass is 280 g/mol. The van der Waals surface area contributed by atoms with Gasteiger partial charge in [-0.25, -0.2) is 0 Å². The summed E-state index contributed by atoms with van der Waals surface area (Å²) < 4.78 is 10.6. The summed E-state index contributed by atoms with van der Waals surface area (Å²) in [5.74, 6) is 0. The van der Waals surface area contributed by atoms with Gasteiger partial charge in [0, 0.05) is 14.7 Å². The number of hydrogen-bond donors (Lipinski definition) is 4. The summed E-state index contributed by atoms with van der Waals surface area (Å²) in [6.07, 6.45) is -5.91. The molecule has 0 aromatic heterocycles. The zero-order chi connectivity index (χ0) is 13.9. The minimum atomic E-state index is -1.37. The van der Waals surface area contributed by atoms with Gasteiger partial charge in [0.1, 0.15) is 24.4 Å². The van der Waals surface area contributed by atoms with Gasteiger partial charge in [0.15, 0.2) is 6.29 Å². The third kappa shape index (κ3) is 4.27. The number of aliphatic hydroxyl groups excluding tert-OH is 4. The lowest BCUT2D eigenvalue weighted by atomic mass is 9.99. The van der Waals surface area contributed by atoms with E-state index in [9.17, 15) is 15.3 Å². The maximum Gasteiger partial charge on any atom is 0.186 e. The maximum atomic E-state index is 9.72. The van der Waals surface area contributed by atoms with E-state index >= 15 is 0 Å². The molecule has 0 bridgehead atoms. The van der Waals surface area contributed by atoms with Crippen molar-refractivity contribution in [2.75, 3.05) is 13.2 Å². The summed E-state index contributed by atoms with van der Waals surface area (Å²) in [7, 11) is -1.24. The summed E-state index contributed by atoms with van der Waals surface area (Å²) >= 11 is 0. The molecule has 108 valence electrons. The molecule has 0 radical (unpaired) electrons. The minimum Gasteiger partial charge on any atom is -0.394 e. The fourth-order valence-corrected chi connectivity index (χ4v) is 2.42. The summed E-state index contributed by atoms with van der Waals surface area (Å²) in [4.78, 5) is 0. The van der Waals surface area contributed by atoms with Crippen LogP contribution in [0.3, 0.4) is 0 Å². The van der Waals surface area contributed by atoms with Crippen LogP contribution in [0.2, 0.25) is 25.7 Å². The Morgan fingerprint density at radius 1 is 1.06 bits per heavy atom. The van der Waals surface area contributed by atoms with Crippen LogP contribution in [0.1, 0.15) is 0 Å². The Bertz CT molecular complexity index is 254. The maximum absolute atomic E-state index is 9.72. The highest BCUT2D eigenvalue weighted by Gasteiger charge is 2.43. The van der Waals surface area contributed by atoms with Crippen molar-refractivity contribution in [3.8, 4) is 0 Å². The van der Waals surface area contributed by atoms with Crippen LogP contribution in [0.25, 0.3) is 0 Å². The Hall–Kier alpha value is -0.0231. The smallest absolute Gasteiger partial charge is 0.186 e. The first-order valence-electron chi connectivity index (χ1n) is 6.18. The summed E-state index contributed by atoms with van der Waals surface area (Å²) in [6, 6.07) is 0.905. The van der Waals surface area contributed by atoms with Gasteiger partial charge in [0.25, 0.3) is 0 Å². The van der Waals surface area contributed by atoms with Crippen molar-refractivity contribution in [2.24, 2.45) is 0 Å². The fourth-order valence-electron chi connectivity index (χ4n) is 1.69. The molecule has 0 unspecified atom stereocenters. The molecule has 0 spiro atoms. The Balaban J connectivity index is 2.49. The number of aliphatic hydroxyl groups is 4. The summed E-state index contributed by atoms with van der Waals surface area (Å²) in [5.41, 5.74) is 0. The molecule has 0 aromatic rings. The van der Waals surface area contributed by atoms with Crippen LogP contribution >= 0.6 is 0 Å². The number of rotatable bonds is 5. The molecular formula is C11H24O6Si. The Kier molecular flexibility index (Phi) is 5.72. The van der Waals surface area contributed by atoms with Gasteiger partial charge in [-0.05, 0) is 6.04 Å². The Morgan fingerprint density at radius 3 is 2.17 bits per heavy atom. The van der Waals surface area contributed by atoms with Gasteiger partial charge in [-0.3, -0.25) is 0 Å². The highest BCUT2D eigenvalue weighted by atomic mass is 28.3. The van der Waals surface area contributed by atoms with Gasteiger partial charge < -0.3 is 29.9 Å². The van der Waals surface area contributed by atoms with E-state index in [0.717, 1.165) is 6.04 Å². The molecule has 5 atom stereocenters. The molecule has 1 aliphatic heterocycles. The molecular weight excluding hydrogens is 256 g/mol. The summed E-state index contributed by atoms with van der Waals surface area (Å²) in [6.45, 7) is 6.59. The molecule has 4 N–H and O–H groups in total. The van der Waals surface area contributed by atoms with Crippen molar-refractivity contribution >= 4 is 8.07 Å². The van der Waals surface area contributed by atoms with Crippen LogP contribution in [0, 0.1) is 0 Å². The van der Waals surface area contributed by atoms with Crippen LogP contribution in [0.15, 0.2) is 0 Å². The quantitative estimate of drug-likeness (QED) is 0.489. The molecule has 1 aliphatic rings. The molecule has 0 amide bonds. The average molecular weight is 280 g/mol. The Labute approximate surface area is 108 Å². The average Bonchev–Trinajstić information content (AvgIpc) is 2.27. The summed E-state index contributed by atoms with van der Waals surface area (Å²) in [5, 5.41) is 37.9. The molecule has 0 saturated carbocycles. The molecule has 0 aromatic carbocycles. The largest absolute Gasteiger partial charge is 0.394 e. The lowest BCUT2D eigenvalue weighted by Crippen LogP contribution is -2.59. The van der Waals surface area contributed by atoms with Gasteiger partial charge in [0.2, 0.25) is 0 Å². The predicted octanol–water partition coefficient (Wildman–Crippen LogP) is -0.859. The van der Waals surface area contributed by atoms with Gasteiger partial charge in [-0.1, -0.05) is 19.6 Å². The molecule has 1 heterocycles.